The van der Waals surface area contributed by atoms with Crippen LogP contribution in [0, 0.1) is 17.8 Å². The van der Waals surface area contributed by atoms with Crippen molar-refractivity contribution >= 4 is 22.1 Å². The summed E-state index contributed by atoms with van der Waals surface area (Å²) < 4.78 is 24.1. The van der Waals surface area contributed by atoms with E-state index in [4.69, 9.17) is 7.16 Å². The summed E-state index contributed by atoms with van der Waals surface area (Å²) in [6, 6.07) is 13.7. The predicted octanol–water partition coefficient (Wildman–Crippen LogP) is 6.41. The van der Waals surface area contributed by atoms with E-state index in [0.29, 0.717) is 17.5 Å². The Labute approximate surface area is 167 Å². The maximum Gasteiger partial charge on any atom is 0.227 e. The minimum absolute atomic E-state index is 0.103. The van der Waals surface area contributed by atoms with Gasteiger partial charge in [0, 0.05) is 31.5 Å². The molecule has 1 unspecified atom stereocenters. The van der Waals surface area contributed by atoms with Crippen LogP contribution in [0.2, 0.25) is 0 Å². The van der Waals surface area contributed by atoms with E-state index >= 15 is 0 Å². The number of hydrogen-bond acceptors (Lipinski definition) is 3. The van der Waals surface area contributed by atoms with Gasteiger partial charge in [0.05, 0.1) is 5.69 Å². The van der Waals surface area contributed by atoms with E-state index in [0.717, 1.165) is 39.6 Å². The van der Waals surface area contributed by atoms with Crippen LogP contribution in [-0.2, 0) is 6.37 Å². The van der Waals surface area contributed by atoms with E-state index in [1.54, 1.807) is 12.4 Å². The number of hydrogen-bond donors (Lipinski definition) is 0. The highest BCUT2D eigenvalue weighted by molar-refractivity contribution is 6.08. The first-order chi connectivity index (χ1) is 14.6. The Morgan fingerprint density at radius 3 is 2.71 bits per heavy atom. The first-order valence-corrected chi connectivity index (χ1v) is 10.3. The van der Waals surface area contributed by atoms with Gasteiger partial charge >= 0.3 is 0 Å². The third kappa shape index (κ3) is 2.64. The molecule has 3 saturated carbocycles. The summed E-state index contributed by atoms with van der Waals surface area (Å²) in [7, 11) is 0. The first-order valence-electron chi connectivity index (χ1n) is 11.3. The second-order valence-electron chi connectivity index (χ2n) is 8.34. The van der Waals surface area contributed by atoms with Crippen LogP contribution in [0.1, 0.15) is 40.4 Å². The van der Waals surface area contributed by atoms with Crippen molar-refractivity contribution in [3.63, 3.8) is 0 Å². The van der Waals surface area contributed by atoms with E-state index in [1.807, 2.05) is 42.5 Å². The van der Waals surface area contributed by atoms with Crippen LogP contribution in [0.25, 0.3) is 33.3 Å². The second kappa shape index (κ2) is 6.44. The number of furan rings is 1. The number of rotatable bonds is 3. The zero-order chi connectivity index (χ0) is 20.3. The molecule has 0 N–H and O–H groups in total. The summed E-state index contributed by atoms with van der Waals surface area (Å²) in [6.45, 7) is 0. The summed E-state index contributed by atoms with van der Waals surface area (Å²) in [4.78, 5) is 8.94. The highest BCUT2D eigenvalue weighted by atomic mass is 16.3. The van der Waals surface area contributed by atoms with Gasteiger partial charge in [-0.25, -0.2) is 4.98 Å². The molecule has 0 radical (unpaired) electrons. The molecule has 3 aliphatic rings. The minimum Gasteiger partial charge on any atom is -0.437 e. The number of nitrogens with zero attached hydrogens (tertiary/aromatic N) is 2. The summed E-state index contributed by atoms with van der Waals surface area (Å²) >= 11 is 0. The van der Waals surface area contributed by atoms with Gasteiger partial charge in [-0.05, 0) is 79.3 Å². The molecule has 3 aromatic heterocycles. The second-order valence-corrected chi connectivity index (χ2v) is 8.34. The van der Waals surface area contributed by atoms with Crippen molar-refractivity contribution in [2.45, 2.75) is 38.5 Å². The van der Waals surface area contributed by atoms with Gasteiger partial charge in [-0.1, -0.05) is 25.0 Å². The number of benzene rings is 1. The Morgan fingerprint density at radius 2 is 1.86 bits per heavy atom. The molecule has 28 heavy (non-hydrogen) atoms. The lowest BCUT2D eigenvalue weighted by Gasteiger charge is -2.42. The molecule has 0 spiro atoms. The molecule has 3 heterocycles. The lowest BCUT2D eigenvalue weighted by Crippen LogP contribution is -2.32. The highest BCUT2D eigenvalue weighted by Crippen LogP contribution is 2.46. The summed E-state index contributed by atoms with van der Waals surface area (Å²) in [6.07, 6.45) is 8.06. The highest BCUT2D eigenvalue weighted by Gasteiger charge is 2.35. The lowest BCUT2D eigenvalue weighted by molar-refractivity contribution is 0.0991. The topological polar surface area (TPSA) is 38.9 Å². The van der Waals surface area contributed by atoms with E-state index in [-0.39, 0.29) is 5.92 Å². The average Bonchev–Trinajstić information content (AvgIpc) is 3.19. The molecule has 0 saturated heterocycles. The Balaban J connectivity index is 1.44. The largest absolute Gasteiger partial charge is 0.437 e. The Bertz CT molecular complexity index is 1240. The number of pyridine rings is 2. The number of para-hydroxylation sites is 1. The SMILES string of the molecule is [2H]C([2H])(c1ccnc(-c2cccc3c2oc2ncccc23)c1)C1CC2CCC1CC2. The van der Waals surface area contributed by atoms with Crippen molar-refractivity contribution in [2.24, 2.45) is 17.8 Å². The normalized spacial score (nSPS) is 25.8. The van der Waals surface area contributed by atoms with Gasteiger partial charge in [0.15, 0.2) is 0 Å². The Kier molecular flexibility index (Phi) is 3.30. The van der Waals surface area contributed by atoms with Crippen LogP contribution in [0.15, 0.2) is 59.3 Å². The molecule has 1 aromatic carbocycles. The quantitative estimate of drug-likeness (QED) is 0.418. The molecular weight excluding hydrogens is 344 g/mol. The summed E-state index contributed by atoms with van der Waals surface area (Å²) in [5.41, 5.74) is 3.74. The van der Waals surface area contributed by atoms with Crippen molar-refractivity contribution in [2.75, 3.05) is 0 Å². The monoisotopic (exact) mass is 370 g/mol. The number of fused-ring (bicyclic) bond motifs is 6. The zero-order valence-corrected chi connectivity index (χ0v) is 15.8. The number of aromatic nitrogens is 2. The molecule has 3 aliphatic carbocycles. The lowest BCUT2D eigenvalue weighted by atomic mass is 9.63. The van der Waals surface area contributed by atoms with Crippen molar-refractivity contribution in [1.82, 2.24) is 9.97 Å². The third-order valence-corrected chi connectivity index (χ3v) is 6.71. The molecular formula is C25H24N2O. The van der Waals surface area contributed by atoms with Crippen molar-refractivity contribution in [1.29, 1.82) is 0 Å². The van der Waals surface area contributed by atoms with Crippen LogP contribution < -0.4 is 0 Å². The molecule has 3 heteroatoms. The van der Waals surface area contributed by atoms with E-state index in [9.17, 15) is 0 Å². The third-order valence-electron chi connectivity index (χ3n) is 6.71. The molecule has 3 fully saturated rings. The Morgan fingerprint density at radius 1 is 0.964 bits per heavy atom. The fourth-order valence-corrected chi connectivity index (χ4v) is 5.27. The standard InChI is InChI=1S/C25H24N2O/c1-3-20-21-5-2-11-27-25(21)28-24(20)22(4-1)23-15-17(10-12-26-23)14-19-13-16-6-8-18(19)9-7-16/h1-5,10-12,15-16,18-19H,6-9,13-14H2/i14D2. The van der Waals surface area contributed by atoms with Crippen LogP contribution in [0.3, 0.4) is 0 Å². The smallest absolute Gasteiger partial charge is 0.227 e. The summed E-state index contributed by atoms with van der Waals surface area (Å²) in [5, 5.41) is 1.99. The van der Waals surface area contributed by atoms with E-state index in [2.05, 4.69) is 9.97 Å². The van der Waals surface area contributed by atoms with Gasteiger partial charge in [0.2, 0.25) is 5.71 Å². The van der Waals surface area contributed by atoms with Crippen molar-refractivity contribution in [3.05, 3.63) is 60.4 Å². The van der Waals surface area contributed by atoms with E-state index in [1.165, 1.54) is 25.7 Å². The van der Waals surface area contributed by atoms with Gasteiger partial charge in [-0.2, -0.15) is 0 Å². The average molecular weight is 370 g/mol. The molecule has 2 bridgehead atoms. The van der Waals surface area contributed by atoms with Gasteiger partial charge in [0.1, 0.15) is 5.58 Å². The van der Waals surface area contributed by atoms with Gasteiger partial charge in [-0.3, -0.25) is 4.98 Å². The molecule has 7 rings (SSSR count). The van der Waals surface area contributed by atoms with Gasteiger partial charge in [-0.15, -0.1) is 0 Å². The summed E-state index contributed by atoms with van der Waals surface area (Å²) in [5.74, 6) is 1.31. The fraction of sp³-hybridized carbons (Fsp3) is 0.360. The van der Waals surface area contributed by atoms with E-state index < -0.39 is 6.37 Å². The minimum atomic E-state index is -1.34. The molecule has 4 aromatic rings. The zero-order valence-electron chi connectivity index (χ0n) is 17.8. The molecule has 0 aliphatic heterocycles. The predicted molar refractivity (Wildman–Crippen MR) is 112 cm³/mol. The maximum absolute atomic E-state index is 9.03. The van der Waals surface area contributed by atoms with Crippen molar-refractivity contribution in [3.8, 4) is 11.3 Å². The van der Waals surface area contributed by atoms with Gasteiger partial charge in [0.25, 0.3) is 0 Å². The van der Waals surface area contributed by atoms with Crippen LogP contribution >= 0.6 is 0 Å². The first kappa shape index (κ1) is 14.3. The van der Waals surface area contributed by atoms with Crippen LogP contribution in [0.5, 0.6) is 0 Å². The molecule has 3 nitrogen and oxygen atoms in total. The molecule has 0 amide bonds. The maximum atomic E-state index is 9.03. The molecule has 140 valence electrons. The Hall–Kier alpha value is -2.68. The molecule has 1 atom stereocenters. The van der Waals surface area contributed by atoms with Crippen molar-refractivity contribution < 1.29 is 7.16 Å². The fourth-order valence-electron chi connectivity index (χ4n) is 5.27. The van der Waals surface area contributed by atoms with Crippen LogP contribution in [-0.4, -0.2) is 9.97 Å². The van der Waals surface area contributed by atoms with Crippen LogP contribution in [0.4, 0.5) is 0 Å². The van der Waals surface area contributed by atoms with Gasteiger partial charge < -0.3 is 4.42 Å².